The molecule has 30 heavy (non-hydrogen) atoms. The van der Waals surface area contributed by atoms with Crippen molar-refractivity contribution in [1.29, 1.82) is 0 Å². The topological polar surface area (TPSA) is 51.0 Å². The molecule has 0 bridgehead atoms. The number of aromatic nitrogens is 3. The Morgan fingerprint density at radius 2 is 1.67 bits per heavy atom. The lowest BCUT2D eigenvalue weighted by atomic mass is 10.1. The molecule has 150 valence electrons. The van der Waals surface area contributed by atoms with Crippen LogP contribution in [-0.4, -0.2) is 32.6 Å². The molecule has 0 fully saturated rings. The van der Waals surface area contributed by atoms with Crippen LogP contribution in [0.25, 0.3) is 11.3 Å². The summed E-state index contributed by atoms with van der Waals surface area (Å²) in [7, 11) is 1.79. The van der Waals surface area contributed by atoms with Gasteiger partial charge in [0.2, 0.25) is 0 Å². The Bertz CT molecular complexity index is 1130. The Morgan fingerprint density at radius 3 is 2.37 bits per heavy atom. The number of carbonyl (C=O) groups is 1. The molecule has 2 heterocycles. The monoisotopic (exact) mass is 416 g/mol. The normalized spacial score (nSPS) is 10.7. The fraction of sp³-hybridized carbons (Fsp3) is 0.125. The Morgan fingerprint density at radius 1 is 0.967 bits per heavy atom. The fourth-order valence-corrected chi connectivity index (χ4v) is 3.42. The van der Waals surface area contributed by atoms with E-state index < -0.39 is 0 Å². The van der Waals surface area contributed by atoms with Crippen molar-refractivity contribution in [3.05, 3.63) is 107 Å². The molecule has 2 aromatic carbocycles. The van der Waals surface area contributed by atoms with Crippen LogP contribution in [0.3, 0.4) is 0 Å². The maximum atomic E-state index is 13.3. The molecule has 0 saturated carbocycles. The van der Waals surface area contributed by atoms with Gasteiger partial charge < -0.3 is 4.90 Å². The smallest absolute Gasteiger partial charge is 0.257 e. The van der Waals surface area contributed by atoms with Crippen molar-refractivity contribution in [1.82, 2.24) is 19.7 Å². The van der Waals surface area contributed by atoms with E-state index in [1.165, 1.54) is 0 Å². The summed E-state index contributed by atoms with van der Waals surface area (Å²) in [5, 5.41) is 5.38. The molecule has 2 aromatic heterocycles. The predicted octanol–water partition coefficient (Wildman–Crippen LogP) is 4.92. The van der Waals surface area contributed by atoms with Gasteiger partial charge in [-0.15, -0.1) is 0 Å². The molecule has 5 nitrogen and oxygen atoms in total. The van der Waals surface area contributed by atoms with Crippen LogP contribution in [0.1, 0.15) is 21.5 Å². The molecule has 0 atom stereocenters. The summed E-state index contributed by atoms with van der Waals surface area (Å²) in [4.78, 5) is 19.0. The van der Waals surface area contributed by atoms with E-state index in [9.17, 15) is 4.79 Å². The largest absolute Gasteiger partial charge is 0.337 e. The number of rotatable bonds is 6. The molecule has 0 aliphatic heterocycles. The van der Waals surface area contributed by atoms with E-state index in [1.807, 2.05) is 77.6 Å². The first kappa shape index (κ1) is 19.9. The van der Waals surface area contributed by atoms with E-state index in [-0.39, 0.29) is 5.91 Å². The Balaban J connectivity index is 1.67. The van der Waals surface area contributed by atoms with Gasteiger partial charge in [-0.2, -0.15) is 5.10 Å². The molecular weight excluding hydrogens is 396 g/mol. The second-order valence-corrected chi connectivity index (χ2v) is 7.53. The lowest BCUT2D eigenvalue weighted by molar-refractivity contribution is 0.0785. The Labute approximate surface area is 180 Å². The van der Waals surface area contributed by atoms with Crippen molar-refractivity contribution >= 4 is 17.5 Å². The number of benzene rings is 2. The van der Waals surface area contributed by atoms with Crippen LogP contribution in [0.15, 0.2) is 85.3 Å². The first-order valence-electron chi connectivity index (χ1n) is 9.62. The van der Waals surface area contributed by atoms with Gasteiger partial charge in [0, 0.05) is 42.8 Å². The van der Waals surface area contributed by atoms with Gasteiger partial charge in [0.05, 0.1) is 12.1 Å². The molecule has 4 rings (SSSR count). The van der Waals surface area contributed by atoms with Crippen LogP contribution >= 0.6 is 11.6 Å². The van der Waals surface area contributed by atoms with E-state index in [0.717, 1.165) is 16.7 Å². The van der Waals surface area contributed by atoms with Crippen LogP contribution in [0, 0.1) is 0 Å². The fourth-order valence-electron chi connectivity index (χ4n) is 3.29. The highest BCUT2D eigenvalue weighted by atomic mass is 35.5. The van der Waals surface area contributed by atoms with Crippen molar-refractivity contribution in [2.45, 2.75) is 13.1 Å². The summed E-state index contributed by atoms with van der Waals surface area (Å²) >= 11 is 6.05. The molecule has 0 aliphatic carbocycles. The van der Waals surface area contributed by atoms with E-state index >= 15 is 0 Å². The summed E-state index contributed by atoms with van der Waals surface area (Å²) in [5.41, 5.74) is 4.20. The van der Waals surface area contributed by atoms with Crippen LogP contribution in [0.2, 0.25) is 5.02 Å². The third kappa shape index (κ3) is 4.58. The predicted molar refractivity (Wildman–Crippen MR) is 118 cm³/mol. The zero-order valence-corrected chi connectivity index (χ0v) is 17.3. The van der Waals surface area contributed by atoms with E-state index in [2.05, 4.69) is 4.98 Å². The average molecular weight is 417 g/mol. The van der Waals surface area contributed by atoms with Crippen molar-refractivity contribution < 1.29 is 4.79 Å². The average Bonchev–Trinajstić information content (AvgIpc) is 3.18. The van der Waals surface area contributed by atoms with Crippen molar-refractivity contribution in [2.24, 2.45) is 0 Å². The lowest BCUT2D eigenvalue weighted by Crippen LogP contribution is -2.26. The molecule has 0 spiro atoms. The number of carbonyl (C=O) groups excluding carboxylic acids is 1. The van der Waals surface area contributed by atoms with E-state index in [4.69, 9.17) is 16.7 Å². The molecule has 0 aliphatic rings. The number of pyridine rings is 1. The SMILES string of the molecule is CN(Cc1ccncc1)C(=O)c1cn(Cc2ccccc2)nc1-c1ccc(Cl)cc1. The van der Waals surface area contributed by atoms with Gasteiger partial charge in [-0.1, -0.05) is 54.1 Å². The molecule has 6 heteroatoms. The number of amides is 1. The lowest BCUT2D eigenvalue weighted by Gasteiger charge is -2.17. The van der Waals surface area contributed by atoms with Crippen molar-refractivity contribution in [3.63, 3.8) is 0 Å². The van der Waals surface area contributed by atoms with Gasteiger partial charge in [-0.05, 0) is 35.4 Å². The third-order valence-corrected chi connectivity index (χ3v) is 5.06. The standard InChI is InChI=1S/C24H21ClN4O/c1-28(15-19-11-13-26-14-12-19)24(30)22-17-29(16-18-5-3-2-4-6-18)27-23(22)20-7-9-21(25)10-8-20/h2-14,17H,15-16H2,1H3. The second kappa shape index (κ2) is 8.93. The quantitative estimate of drug-likeness (QED) is 0.448. The highest BCUT2D eigenvalue weighted by Crippen LogP contribution is 2.25. The molecule has 1 amide bonds. The van der Waals surface area contributed by atoms with Crippen LogP contribution in [-0.2, 0) is 13.1 Å². The minimum absolute atomic E-state index is 0.0870. The number of nitrogens with zero attached hydrogens (tertiary/aromatic N) is 4. The summed E-state index contributed by atoms with van der Waals surface area (Å²) in [5.74, 6) is -0.0870. The molecule has 0 saturated heterocycles. The number of halogens is 1. The van der Waals surface area contributed by atoms with Gasteiger partial charge in [-0.25, -0.2) is 0 Å². The highest BCUT2D eigenvalue weighted by molar-refractivity contribution is 6.30. The molecular formula is C24H21ClN4O. The highest BCUT2D eigenvalue weighted by Gasteiger charge is 2.21. The van der Waals surface area contributed by atoms with Crippen LogP contribution in [0.4, 0.5) is 0 Å². The van der Waals surface area contributed by atoms with Crippen LogP contribution < -0.4 is 0 Å². The third-order valence-electron chi connectivity index (χ3n) is 4.81. The first-order chi connectivity index (χ1) is 14.6. The van der Waals surface area contributed by atoms with Crippen molar-refractivity contribution in [2.75, 3.05) is 7.05 Å². The Hall–Kier alpha value is -3.44. The van der Waals surface area contributed by atoms with Gasteiger partial charge in [0.15, 0.2) is 0 Å². The van der Waals surface area contributed by atoms with Crippen molar-refractivity contribution in [3.8, 4) is 11.3 Å². The summed E-state index contributed by atoms with van der Waals surface area (Å²) in [6.45, 7) is 1.08. The summed E-state index contributed by atoms with van der Waals surface area (Å²) < 4.78 is 1.81. The van der Waals surface area contributed by atoms with Gasteiger partial charge >= 0.3 is 0 Å². The Kier molecular flexibility index (Phi) is 5.91. The molecule has 0 unspecified atom stereocenters. The number of hydrogen-bond acceptors (Lipinski definition) is 3. The van der Waals surface area contributed by atoms with E-state index in [1.54, 1.807) is 24.3 Å². The van der Waals surface area contributed by atoms with Crippen LogP contribution in [0.5, 0.6) is 0 Å². The summed E-state index contributed by atoms with van der Waals surface area (Å²) in [6, 6.07) is 21.3. The van der Waals surface area contributed by atoms with Gasteiger partial charge in [-0.3, -0.25) is 14.5 Å². The molecule has 4 aromatic rings. The minimum Gasteiger partial charge on any atom is -0.337 e. The maximum Gasteiger partial charge on any atom is 0.257 e. The molecule has 0 radical (unpaired) electrons. The van der Waals surface area contributed by atoms with Gasteiger partial charge in [0.1, 0.15) is 5.69 Å². The zero-order valence-electron chi connectivity index (χ0n) is 16.6. The first-order valence-corrected chi connectivity index (χ1v) is 9.99. The summed E-state index contributed by atoms with van der Waals surface area (Å²) in [6.07, 6.45) is 5.28. The van der Waals surface area contributed by atoms with E-state index in [0.29, 0.717) is 29.4 Å². The maximum absolute atomic E-state index is 13.3. The zero-order chi connectivity index (χ0) is 20.9. The molecule has 0 N–H and O–H groups in total. The number of hydrogen-bond donors (Lipinski definition) is 0. The second-order valence-electron chi connectivity index (χ2n) is 7.10. The van der Waals surface area contributed by atoms with Gasteiger partial charge in [0.25, 0.3) is 5.91 Å². The minimum atomic E-state index is -0.0870.